The van der Waals surface area contributed by atoms with E-state index in [9.17, 15) is 5.11 Å². The first kappa shape index (κ1) is 13.0. The topological polar surface area (TPSA) is 20.2 Å². The van der Waals surface area contributed by atoms with Gasteiger partial charge in [0.15, 0.2) is 0 Å². The summed E-state index contributed by atoms with van der Waals surface area (Å²) in [5, 5.41) is 9.65. The van der Waals surface area contributed by atoms with E-state index < -0.39 is 0 Å². The Morgan fingerprint density at radius 2 is 2.07 bits per heavy atom. The highest BCUT2D eigenvalue weighted by Crippen LogP contribution is 2.46. The molecule has 90 valence electrons. The zero-order valence-electron chi connectivity index (χ0n) is 10.9. The van der Waals surface area contributed by atoms with Gasteiger partial charge in [-0.25, -0.2) is 0 Å². The molecular weight excluding hydrogens is 184 g/mol. The van der Waals surface area contributed by atoms with Crippen LogP contribution in [0.1, 0.15) is 66.2 Å². The Balaban J connectivity index is 2.48. The summed E-state index contributed by atoms with van der Waals surface area (Å²) in [5.74, 6) is 1.66. The molecule has 0 amide bonds. The minimum absolute atomic E-state index is 0.0741. The largest absolute Gasteiger partial charge is 0.393 e. The Morgan fingerprint density at radius 3 is 2.60 bits per heavy atom. The molecule has 0 radical (unpaired) electrons. The lowest BCUT2D eigenvalue weighted by Crippen LogP contribution is -2.34. The van der Waals surface area contributed by atoms with Crippen LogP contribution >= 0.6 is 0 Å². The van der Waals surface area contributed by atoms with Crippen LogP contribution < -0.4 is 0 Å². The molecule has 3 atom stereocenters. The summed E-state index contributed by atoms with van der Waals surface area (Å²) in [6.45, 7) is 9.28. The van der Waals surface area contributed by atoms with E-state index >= 15 is 0 Å². The molecule has 1 rings (SSSR count). The Labute approximate surface area is 95.3 Å². The molecule has 0 spiro atoms. The lowest BCUT2D eigenvalue weighted by Gasteiger charge is -2.43. The Bertz CT molecular complexity index is 186. The molecule has 1 aliphatic carbocycles. The summed E-state index contributed by atoms with van der Waals surface area (Å²) in [6.07, 6.45) is 7.18. The van der Waals surface area contributed by atoms with Gasteiger partial charge in [-0.1, -0.05) is 40.5 Å². The van der Waals surface area contributed by atoms with E-state index in [4.69, 9.17) is 0 Å². The molecule has 1 aliphatic rings. The third-order valence-electron chi connectivity index (χ3n) is 4.45. The summed E-state index contributed by atoms with van der Waals surface area (Å²) < 4.78 is 0. The number of hydrogen-bond acceptors (Lipinski definition) is 1. The molecule has 1 N–H and O–H groups in total. The fourth-order valence-corrected chi connectivity index (χ4v) is 3.29. The van der Waals surface area contributed by atoms with E-state index in [0.717, 1.165) is 24.7 Å². The highest BCUT2D eigenvalue weighted by Gasteiger charge is 2.36. The molecule has 1 saturated carbocycles. The zero-order valence-corrected chi connectivity index (χ0v) is 10.9. The first-order valence-corrected chi connectivity index (χ1v) is 6.65. The van der Waals surface area contributed by atoms with Gasteiger partial charge in [0.05, 0.1) is 6.10 Å². The summed E-state index contributed by atoms with van der Waals surface area (Å²) >= 11 is 0. The van der Waals surface area contributed by atoms with Crippen LogP contribution in [0.3, 0.4) is 0 Å². The number of rotatable bonds is 4. The monoisotopic (exact) mass is 212 g/mol. The second-order valence-corrected chi connectivity index (χ2v) is 6.10. The molecule has 0 aromatic carbocycles. The van der Waals surface area contributed by atoms with Crippen molar-refractivity contribution in [3.8, 4) is 0 Å². The second kappa shape index (κ2) is 5.34. The zero-order chi connectivity index (χ0) is 11.5. The summed E-state index contributed by atoms with van der Waals surface area (Å²) in [7, 11) is 0. The van der Waals surface area contributed by atoms with Gasteiger partial charge < -0.3 is 5.11 Å². The van der Waals surface area contributed by atoms with Crippen molar-refractivity contribution in [2.45, 2.75) is 72.3 Å². The maximum Gasteiger partial charge on any atom is 0.0537 e. The lowest BCUT2D eigenvalue weighted by atomic mass is 9.62. The standard InChI is InChI=1S/C14H28O/c1-5-12(15)8-9-13-11(2)7-6-10-14(13,3)4/h11-13,15H,5-10H2,1-4H3/t11?,12?,13-/m0/s1. The quantitative estimate of drug-likeness (QED) is 0.747. The number of aliphatic hydroxyl groups excluding tert-OH is 1. The fourth-order valence-electron chi connectivity index (χ4n) is 3.29. The molecular formula is C14H28O. The third kappa shape index (κ3) is 3.48. The highest BCUT2D eigenvalue weighted by molar-refractivity contribution is 4.86. The van der Waals surface area contributed by atoms with Gasteiger partial charge in [-0.2, -0.15) is 0 Å². The number of aliphatic hydroxyl groups is 1. The van der Waals surface area contributed by atoms with Gasteiger partial charge in [0.2, 0.25) is 0 Å². The predicted molar refractivity (Wildman–Crippen MR) is 65.8 cm³/mol. The van der Waals surface area contributed by atoms with Crippen molar-refractivity contribution in [2.75, 3.05) is 0 Å². The minimum atomic E-state index is -0.0741. The second-order valence-electron chi connectivity index (χ2n) is 6.10. The van der Waals surface area contributed by atoms with Crippen molar-refractivity contribution in [1.82, 2.24) is 0 Å². The number of hydrogen-bond donors (Lipinski definition) is 1. The van der Waals surface area contributed by atoms with E-state index in [1.54, 1.807) is 0 Å². The van der Waals surface area contributed by atoms with Crippen molar-refractivity contribution >= 4 is 0 Å². The molecule has 1 fully saturated rings. The molecule has 1 heteroatoms. The van der Waals surface area contributed by atoms with Crippen molar-refractivity contribution < 1.29 is 5.11 Å². The van der Waals surface area contributed by atoms with E-state index in [1.165, 1.54) is 25.7 Å². The van der Waals surface area contributed by atoms with E-state index in [2.05, 4.69) is 27.7 Å². The normalized spacial score (nSPS) is 32.6. The molecule has 0 aromatic rings. The molecule has 0 bridgehead atoms. The Hall–Kier alpha value is -0.0400. The van der Waals surface area contributed by atoms with Crippen LogP contribution in [0.5, 0.6) is 0 Å². The van der Waals surface area contributed by atoms with Gasteiger partial charge in [0.25, 0.3) is 0 Å². The molecule has 0 aromatic heterocycles. The third-order valence-corrected chi connectivity index (χ3v) is 4.45. The van der Waals surface area contributed by atoms with Crippen LogP contribution in [0, 0.1) is 17.3 Å². The van der Waals surface area contributed by atoms with Gasteiger partial charge in [0.1, 0.15) is 0 Å². The van der Waals surface area contributed by atoms with Gasteiger partial charge in [-0.3, -0.25) is 0 Å². The maximum absolute atomic E-state index is 9.65. The Morgan fingerprint density at radius 1 is 1.40 bits per heavy atom. The van der Waals surface area contributed by atoms with Crippen molar-refractivity contribution in [3.63, 3.8) is 0 Å². The van der Waals surface area contributed by atoms with Crippen LogP contribution in [-0.4, -0.2) is 11.2 Å². The van der Waals surface area contributed by atoms with Gasteiger partial charge in [0, 0.05) is 0 Å². The summed E-state index contributed by atoms with van der Waals surface area (Å²) in [6, 6.07) is 0. The van der Waals surface area contributed by atoms with Crippen molar-refractivity contribution in [3.05, 3.63) is 0 Å². The summed E-state index contributed by atoms with van der Waals surface area (Å²) in [4.78, 5) is 0. The Kier molecular flexibility index (Phi) is 4.64. The van der Waals surface area contributed by atoms with E-state index in [-0.39, 0.29) is 6.10 Å². The fraction of sp³-hybridized carbons (Fsp3) is 1.00. The van der Waals surface area contributed by atoms with E-state index in [0.29, 0.717) is 5.41 Å². The van der Waals surface area contributed by atoms with Gasteiger partial charge >= 0.3 is 0 Å². The van der Waals surface area contributed by atoms with Gasteiger partial charge in [-0.05, 0) is 42.9 Å². The molecule has 0 heterocycles. The van der Waals surface area contributed by atoms with Crippen molar-refractivity contribution in [1.29, 1.82) is 0 Å². The molecule has 1 nitrogen and oxygen atoms in total. The maximum atomic E-state index is 9.65. The van der Waals surface area contributed by atoms with Crippen LogP contribution in [-0.2, 0) is 0 Å². The average Bonchev–Trinajstić information content (AvgIpc) is 2.15. The van der Waals surface area contributed by atoms with Crippen LogP contribution in [0.15, 0.2) is 0 Å². The predicted octanol–water partition coefficient (Wildman–Crippen LogP) is 4.00. The molecule has 2 unspecified atom stereocenters. The smallest absolute Gasteiger partial charge is 0.0537 e. The first-order valence-electron chi connectivity index (χ1n) is 6.65. The van der Waals surface area contributed by atoms with Crippen LogP contribution in [0.2, 0.25) is 0 Å². The van der Waals surface area contributed by atoms with Gasteiger partial charge in [-0.15, -0.1) is 0 Å². The van der Waals surface area contributed by atoms with Crippen molar-refractivity contribution in [2.24, 2.45) is 17.3 Å². The van der Waals surface area contributed by atoms with Crippen LogP contribution in [0.25, 0.3) is 0 Å². The molecule has 0 saturated heterocycles. The molecule has 0 aliphatic heterocycles. The highest BCUT2D eigenvalue weighted by atomic mass is 16.3. The van der Waals surface area contributed by atoms with E-state index in [1.807, 2.05) is 0 Å². The average molecular weight is 212 g/mol. The summed E-state index contributed by atoms with van der Waals surface area (Å²) in [5.41, 5.74) is 0.491. The minimum Gasteiger partial charge on any atom is -0.393 e. The SMILES string of the molecule is CCC(O)CC[C@H]1C(C)CCCC1(C)C. The van der Waals surface area contributed by atoms with Crippen LogP contribution in [0.4, 0.5) is 0 Å². The first-order chi connectivity index (χ1) is 6.97. The lowest BCUT2D eigenvalue weighted by molar-refractivity contribution is 0.0570. The molecule has 15 heavy (non-hydrogen) atoms.